The third-order valence-electron chi connectivity index (χ3n) is 4.25. The minimum Gasteiger partial charge on any atom is -0.450 e. The summed E-state index contributed by atoms with van der Waals surface area (Å²) < 4.78 is 23.4. The van der Waals surface area contributed by atoms with Crippen molar-refractivity contribution < 1.29 is 23.1 Å². The van der Waals surface area contributed by atoms with Crippen LogP contribution in [0.3, 0.4) is 0 Å². The summed E-state index contributed by atoms with van der Waals surface area (Å²) in [6, 6.07) is 16.7. The molecule has 0 aliphatic heterocycles. The van der Waals surface area contributed by atoms with Crippen molar-refractivity contribution in [2.24, 2.45) is 0 Å². The summed E-state index contributed by atoms with van der Waals surface area (Å²) in [4.78, 5) is 23.9. The SMILES string of the molecule is Cc1ccccc1CCNC(=O)COC(=O)c1ccc(-c2ccc(F)cc2)o1. The van der Waals surface area contributed by atoms with Crippen LogP contribution in [0.1, 0.15) is 21.7 Å². The van der Waals surface area contributed by atoms with E-state index < -0.39 is 5.97 Å². The molecule has 144 valence electrons. The Kier molecular flexibility index (Phi) is 6.22. The Bertz CT molecular complexity index is 963. The maximum absolute atomic E-state index is 13.0. The molecule has 1 aromatic heterocycles. The fraction of sp³-hybridized carbons (Fsp3) is 0.182. The molecule has 0 unspecified atom stereocenters. The third kappa shape index (κ3) is 5.07. The van der Waals surface area contributed by atoms with Gasteiger partial charge < -0.3 is 14.5 Å². The summed E-state index contributed by atoms with van der Waals surface area (Å²) in [5.41, 5.74) is 2.95. The number of halogens is 1. The molecule has 5 nitrogen and oxygen atoms in total. The third-order valence-corrected chi connectivity index (χ3v) is 4.25. The van der Waals surface area contributed by atoms with E-state index in [1.165, 1.54) is 18.2 Å². The van der Waals surface area contributed by atoms with Crippen LogP contribution < -0.4 is 5.32 Å². The van der Waals surface area contributed by atoms with E-state index in [1.807, 2.05) is 31.2 Å². The molecule has 0 spiro atoms. The Labute approximate surface area is 162 Å². The number of benzene rings is 2. The monoisotopic (exact) mass is 381 g/mol. The van der Waals surface area contributed by atoms with Crippen LogP contribution in [0.5, 0.6) is 0 Å². The summed E-state index contributed by atoms with van der Waals surface area (Å²) in [5.74, 6) is -1.08. The summed E-state index contributed by atoms with van der Waals surface area (Å²) in [5, 5.41) is 2.72. The minimum absolute atomic E-state index is 0.0213. The van der Waals surface area contributed by atoms with E-state index >= 15 is 0 Å². The predicted octanol–water partition coefficient (Wildman–Crippen LogP) is 3.91. The Morgan fingerprint density at radius 1 is 1.04 bits per heavy atom. The van der Waals surface area contributed by atoms with Crippen molar-refractivity contribution in [3.05, 3.63) is 83.4 Å². The largest absolute Gasteiger partial charge is 0.450 e. The fourth-order valence-electron chi connectivity index (χ4n) is 2.70. The van der Waals surface area contributed by atoms with Gasteiger partial charge in [0.25, 0.3) is 5.91 Å². The van der Waals surface area contributed by atoms with Gasteiger partial charge in [-0.3, -0.25) is 4.79 Å². The van der Waals surface area contributed by atoms with Gasteiger partial charge in [-0.05, 0) is 60.9 Å². The molecule has 2 aromatic carbocycles. The van der Waals surface area contributed by atoms with Gasteiger partial charge >= 0.3 is 5.97 Å². The van der Waals surface area contributed by atoms with Gasteiger partial charge in [0.15, 0.2) is 6.61 Å². The first-order valence-corrected chi connectivity index (χ1v) is 8.87. The molecule has 1 N–H and O–H groups in total. The lowest BCUT2D eigenvalue weighted by molar-refractivity contribution is -0.124. The number of hydrogen-bond acceptors (Lipinski definition) is 4. The molecule has 0 atom stereocenters. The molecule has 28 heavy (non-hydrogen) atoms. The van der Waals surface area contributed by atoms with Gasteiger partial charge in [0.2, 0.25) is 5.76 Å². The van der Waals surface area contributed by atoms with Crippen molar-refractivity contribution in [2.75, 3.05) is 13.2 Å². The molecule has 0 aliphatic carbocycles. The Hall–Kier alpha value is -3.41. The van der Waals surface area contributed by atoms with Gasteiger partial charge in [-0.1, -0.05) is 24.3 Å². The van der Waals surface area contributed by atoms with Crippen LogP contribution >= 0.6 is 0 Å². The second-order valence-corrected chi connectivity index (χ2v) is 6.27. The Morgan fingerprint density at radius 3 is 2.54 bits per heavy atom. The van der Waals surface area contributed by atoms with Gasteiger partial charge in [-0.2, -0.15) is 0 Å². The summed E-state index contributed by atoms with van der Waals surface area (Å²) in [7, 11) is 0. The quantitative estimate of drug-likeness (QED) is 0.630. The van der Waals surface area contributed by atoms with Crippen LogP contribution in [0.2, 0.25) is 0 Å². The highest BCUT2D eigenvalue weighted by Crippen LogP contribution is 2.22. The number of carbonyl (C=O) groups excluding carboxylic acids is 2. The number of furan rings is 1. The molecule has 0 radical (unpaired) electrons. The van der Waals surface area contributed by atoms with E-state index in [0.717, 1.165) is 11.1 Å². The number of ether oxygens (including phenoxy) is 1. The predicted molar refractivity (Wildman–Crippen MR) is 102 cm³/mol. The molecule has 1 amide bonds. The highest BCUT2D eigenvalue weighted by atomic mass is 19.1. The topological polar surface area (TPSA) is 68.5 Å². The standard InChI is InChI=1S/C22H20FNO4/c1-15-4-2-3-5-16(15)12-13-24-21(25)14-27-22(26)20-11-10-19(28-20)17-6-8-18(23)9-7-17/h2-11H,12-14H2,1H3,(H,24,25). The number of rotatable bonds is 7. The van der Waals surface area contributed by atoms with E-state index in [2.05, 4.69) is 5.32 Å². The molecule has 6 heteroatoms. The fourth-order valence-corrected chi connectivity index (χ4v) is 2.70. The number of amides is 1. The number of hydrogen-bond donors (Lipinski definition) is 1. The van der Waals surface area contributed by atoms with Crippen LogP contribution in [0.25, 0.3) is 11.3 Å². The second-order valence-electron chi connectivity index (χ2n) is 6.27. The summed E-state index contributed by atoms with van der Waals surface area (Å²) in [6.07, 6.45) is 0.700. The van der Waals surface area contributed by atoms with Crippen LogP contribution in [-0.4, -0.2) is 25.0 Å². The van der Waals surface area contributed by atoms with Crippen molar-refractivity contribution in [1.82, 2.24) is 5.32 Å². The highest BCUT2D eigenvalue weighted by Gasteiger charge is 2.15. The molecule has 0 fully saturated rings. The number of nitrogens with one attached hydrogen (secondary N) is 1. The Balaban J connectivity index is 1.45. The number of aryl methyl sites for hydroxylation is 1. The maximum Gasteiger partial charge on any atom is 0.374 e. The zero-order valence-corrected chi connectivity index (χ0v) is 15.4. The molecular weight excluding hydrogens is 361 g/mol. The highest BCUT2D eigenvalue weighted by molar-refractivity contribution is 5.89. The zero-order chi connectivity index (χ0) is 19.9. The van der Waals surface area contributed by atoms with E-state index in [0.29, 0.717) is 24.3 Å². The van der Waals surface area contributed by atoms with E-state index in [1.54, 1.807) is 18.2 Å². The number of esters is 1. The van der Waals surface area contributed by atoms with Crippen LogP contribution in [-0.2, 0) is 16.0 Å². The lowest BCUT2D eigenvalue weighted by Gasteiger charge is -2.07. The molecule has 3 aromatic rings. The normalized spacial score (nSPS) is 10.5. The van der Waals surface area contributed by atoms with E-state index in [-0.39, 0.29) is 24.1 Å². The smallest absolute Gasteiger partial charge is 0.374 e. The van der Waals surface area contributed by atoms with Gasteiger partial charge in [0.1, 0.15) is 11.6 Å². The lowest BCUT2D eigenvalue weighted by atomic mass is 10.1. The summed E-state index contributed by atoms with van der Waals surface area (Å²) >= 11 is 0. The van der Waals surface area contributed by atoms with Crippen LogP contribution in [0, 0.1) is 12.7 Å². The van der Waals surface area contributed by atoms with Gasteiger partial charge in [-0.15, -0.1) is 0 Å². The molecule has 0 saturated carbocycles. The first-order valence-electron chi connectivity index (χ1n) is 8.87. The van der Waals surface area contributed by atoms with E-state index in [9.17, 15) is 14.0 Å². The maximum atomic E-state index is 13.0. The average Bonchev–Trinajstić information content (AvgIpc) is 3.18. The zero-order valence-electron chi connectivity index (χ0n) is 15.4. The first-order chi connectivity index (χ1) is 13.5. The van der Waals surface area contributed by atoms with Crippen molar-refractivity contribution in [1.29, 1.82) is 0 Å². The van der Waals surface area contributed by atoms with Crippen molar-refractivity contribution >= 4 is 11.9 Å². The Morgan fingerprint density at radius 2 is 1.79 bits per heavy atom. The molecule has 1 heterocycles. The van der Waals surface area contributed by atoms with Gasteiger partial charge in [0, 0.05) is 12.1 Å². The van der Waals surface area contributed by atoms with Crippen molar-refractivity contribution in [3.63, 3.8) is 0 Å². The molecule has 0 aliphatic rings. The van der Waals surface area contributed by atoms with Crippen LogP contribution in [0.15, 0.2) is 65.1 Å². The van der Waals surface area contributed by atoms with E-state index in [4.69, 9.17) is 9.15 Å². The number of carbonyl (C=O) groups is 2. The molecular formula is C22H20FNO4. The summed E-state index contributed by atoms with van der Waals surface area (Å²) in [6.45, 7) is 2.08. The van der Waals surface area contributed by atoms with Crippen LogP contribution in [0.4, 0.5) is 4.39 Å². The molecule has 3 rings (SSSR count). The van der Waals surface area contributed by atoms with Gasteiger partial charge in [-0.25, -0.2) is 9.18 Å². The van der Waals surface area contributed by atoms with Crippen molar-refractivity contribution in [2.45, 2.75) is 13.3 Å². The molecule has 0 saturated heterocycles. The second kappa shape index (κ2) is 8.99. The molecule has 0 bridgehead atoms. The van der Waals surface area contributed by atoms with Gasteiger partial charge in [0.05, 0.1) is 0 Å². The lowest BCUT2D eigenvalue weighted by Crippen LogP contribution is -2.30. The van der Waals surface area contributed by atoms with Crippen molar-refractivity contribution in [3.8, 4) is 11.3 Å². The minimum atomic E-state index is -0.734. The average molecular weight is 381 g/mol. The first kappa shape index (κ1) is 19.4.